The molecule has 0 aromatic heterocycles. The van der Waals surface area contributed by atoms with Crippen LogP contribution in [-0.2, 0) is 11.8 Å². The van der Waals surface area contributed by atoms with Gasteiger partial charge >= 0.3 is 0 Å². The zero-order chi connectivity index (χ0) is 6.81. The minimum atomic E-state index is 0. The fourth-order valence-electron chi connectivity index (χ4n) is 1.10. The van der Waals surface area contributed by atoms with E-state index in [1.54, 1.807) is 0 Å². The van der Waals surface area contributed by atoms with Gasteiger partial charge < -0.3 is 12.4 Å². The van der Waals surface area contributed by atoms with Crippen LogP contribution in [0, 0.1) is 0 Å². The maximum Gasteiger partial charge on any atom is 0.160 e. The Morgan fingerprint density at radius 3 is 2.82 bits per heavy atom. The van der Waals surface area contributed by atoms with E-state index in [9.17, 15) is 0 Å². The second-order valence-electron chi connectivity index (χ2n) is 2.30. The normalized spacial score (nSPS) is 13.5. The van der Waals surface area contributed by atoms with E-state index in [-0.39, 0.29) is 12.4 Å². The van der Waals surface area contributed by atoms with E-state index < -0.39 is 0 Å². The molecule has 1 aromatic rings. The highest BCUT2D eigenvalue weighted by Crippen LogP contribution is 2.16. The van der Waals surface area contributed by atoms with Crippen LogP contribution in [0.25, 0.3) is 6.08 Å². The largest absolute Gasteiger partial charge is 1.00 e. The first-order valence-corrected chi connectivity index (χ1v) is 4.48. The van der Waals surface area contributed by atoms with Crippen LogP contribution in [0.4, 0.5) is 0 Å². The number of benzene rings is 1. The fourth-order valence-corrected chi connectivity index (χ4v) is 2.03. The van der Waals surface area contributed by atoms with Gasteiger partial charge in [-0.2, -0.15) is 0 Å². The molecular formula is C9H9ClS. The van der Waals surface area contributed by atoms with Crippen molar-refractivity contribution in [1.29, 1.82) is 0 Å². The number of hydrogen-bond donors (Lipinski definition) is 0. The van der Waals surface area contributed by atoms with E-state index in [2.05, 4.69) is 36.4 Å². The van der Waals surface area contributed by atoms with E-state index in [4.69, 9.17) is 0 Å². The van der Waals surface area contributed by atoms with Crippen molar-refractivity contribution in [2.75, 3.05) is 5.75 Å². The van der Waals surface area contributed by atoms with Gasteiger partial charge in [0, 0.05) is 17.3 Å². The van der Waals surface area contributed by atoms with Gasteiger partial charge in [0.15, 0.2) is 4.90 Å². The zero-order valence-corrected chi connectivity index (χ0v) is 7.65. The molecular weight excluding hydrogens is 176 g/mol. The summed E-state index contributed by atoms with van der Waals surface area (Å²) in [7, 11) is 0. The maximum atomic E-state index is 2.23. The Labute approximate surface area is 77.1 Å². The van der Waals surface area contributed by atoms with Gasteiger partial charge in [-0.15, -0.1) is 0 Å². The van der Waals surface area contributed by atoms with Crippen LogP contribution in [0.5, 0.6) is 0 Å². The van der Waals surface area contributed by atoms with E-state index >= 15 is 0 Å². The smallest absolute Gasteiger partial charge is 0.160 e. The Balaban J connectivity index is 0.000000605. The molecule has 11 heavy (non-hydrogen) atoms. The van der Waals surface area contributed by atoms with Gasteiger partial charge in [0.05, 0.1) is 0 Å². The maximum absolute atomic E-state index is 2.23. The van der Waals surface area contributed by atoms with Crippen molar-refractivity contribution >= 4 is 17.8 Å². The third-order valence-electron chi connectivity index (χ3n) is 1.60. The van der Waals surface area contributed by atoms with Crippen molar-refractivity contribution in [3.63, 3.8) is 0 Å². The zero-order valence-electron chi connectivity index (χ0n) is 6.00. The first-order valence-electron chi connectivity index (χ1n) is 3.40. The van der Waals surface area contributed by atoms with Gasteiger partial charge in [-0.1, -0.05) is 12.1 Å². The highest BCUT2D eigenvalue weighted by atomic mass is 35.5. The van der Waals surface area contributed by atoms with Crippen LogP contribution in [-0.4, -0.2) is 5.75 Å². The molecule has 0 spiro atoms. The molecule has 58 valence electrons. The second kappa shape index (κ2) is 3.84. The molecule has 2 heteroatoms. The summed E-state index contributed by atoms with van der Waals surface area (Å²) >= 11 is 1.44. The standard InChI is InChI=1S/C9H8S.ClH/c1-2-6-9-8(4-1)5-3-7-10-9;/h1-6H,7H2;1H. The average molecular weight is 185 g/mol. The molecule has 1 heterocycles. The summed E-state index contributed by atoms with van der Waals surface area (Å²) in [5, 5.41) is 0. The van der Waals surface area contributed by atoms with Gasteiger partial charge in [-0.3, -0.25) is 0 Å². The topological polar surface area (TPSA) is 0 Å². The van der Waals surface area contributed by atoms with Crippen molar-refractivity contribution in [1.82, 2.24) is 0 Å². The summed E-state index contributed by atoms with van der Waals surface area (Å²) in [4.78, 5) is 1.46. The minimum absolute atomic E-state index is 0. The Morgan fingerprint density at radius 2 is 2.00 bits per heavy atom. The lowest BCUT2D eigenvalue weighted by Gasteiger charge is -1.99. The van der Waals surface area contributed by atoms with Crippen molar-refractivity contribution in [3.8, 4) is 0 Å². The first kappa shape index (κ1) is 8.69. The number of fused-ring (bicyclic) bond motifs is 1. The lowest BCUT2D eigenvalue weighted by molar-refractivity contribution is -0.00000187. The Morgan fingerprint density at radius 1 is 1.18 bits per heavy atom. The highest BCUT2D eigenvalue weighted by Gasteiger charge is 2.09. The molecule has 0 unspecified atom stereocenters. The van der Waals surface area contributed by atoms with Crippen LogP contribution in [0.2, 0.25) is 0 Å². The van der Waals surface area contributed by atoms with Crippen molar-refractivity contribution < 1.29 is 12.4 Å². The highest BCUT2D eigenvalue weighted by molar-refractivity contribution is 7.78. The molecule has 0 nitrogen and oxygen atoms in total. The third-order valence-corrected chi connectivity index (χ3v) is 2.74. The Bertz CT molecular complexity index is 268. The predicted octanol–water partition coefficient (Wildman–Crippen LogP) is -1.11. The molecule has 0 aliphatic carbocycles. The Hall–Kier alpha value is -0.400. The first-order chi connectivity index (χ1) is 4.97. The molecule has 1 aliphatic heterocycles. The summed E-state index contributed by atoms with van der Waals surface area (Å²) in [5.74, 6) is 1.18. The number of rotatable bonds is 0. The molecule has 0 atom stereocenters. The number of hydrogen-bond acceptors (Lipinski definition) is 0. The van der Waals surface area contributed by atoms with Gasteiger partial charge in [0.25, 0.3) is 0 Å². The van der Waals surface area contributed by atoms with Crippen LogP contribution in [0.1, 0.15) is 5.56 Å². The van der Waals surface area contributed by atoms with E-state index in [1.807, 2.05) is 0 Å². The van der Waals surface area contributed by atoms with E-state index in [1.165, 1.54) is 28.0 Å². The monoisotopic (exact) mass is 184 g/mol. The lowest BCUT2D eigenvalue weighted by Crippen LogP contribution is -3.00. The SMILES string of the molecule is C1=Cc2ccccc2[SH+]C1.[Cl-]. The van der Waals surface area contributed by atoms with E-state index in [0.717, 1.165) is 0 Å². The summed E-state index contributed by atoms with van der Waals surface area (Å²) < 4.78 is 0. The Kier molecular flexibility index (Phi) is 3.03. The van der Waals surface area contributed by atoms with Crippen LogP contribution >= 0.6 is 0 Å². The quantitative estimate of drug-likeness (QED) is 0.355. The van der Waals surface area contributed by atoms with Gasteiger partial charge in [-0.25, -0.2) is 0 Å². The van der Waals surface area contributed by atoms with Crippen molar-refractivity contribution in [2.24, 2.45) is 0 Å². The summed E-state index contributed by atoms with van der Waals surface area (Å²) in [6.07, 6.45) is 4.43. The molecule has 1 aromatic carbocycles. The van der Waals surface area contributed by atoms with Crippen LogP contribution in [0.15, 0.2) is 35.2 Å². The predicted molar refractivity (Wildman–Crippen MR) is 47.4 cm³/mol. The van der Waals surface area contributed by atoms with Gasteiger partial charge in [0.1, 0.15) is 5.75 Å². The average Bonchev–Trinajstić information content (AvgIpc) is 2.05. The molecule has 0 bridgehead atoms. The molecule has 0 saturated heterocycles. The van der Waals surface area contributed by atoms with Crippen molar-refractivity contribution in [2.45, 2.75) is 4.90 Å². The molecule has 0 saturated carbocycles. The summed E-state index contributed by atoms with van der Waals surface area (Å²) in [6.45, 7) is 0. The van der Waals surface area contributed by atoms with Crippen LogP contribution < -0.4 is 12.4 Å². The lowest BCUT2D eigenvalue weighted by atomic mass is 10.2. The number of halogens is 1. The molecule has 2 rings (SSSR count). The summed E-state index contributed by atoms with van der Waals surface area (Å²) in [5.41, 5.74) is 1.38. The van der Waals surface area contributed by atoms with Crippen LogP contribution in [0.3, 0.4) is 0 Å². The molecule has 1 aliphatic rings. The summed E-state index contributed by atoms with van der Waals surface area (Å²) in [6, 6.07) is 8.55. The van der Waals surface area contributed by atoms with Gasteiger partial charge in [0.2, 0.25) is 0 Å². The fraction of sp³-hybridized carbons (Fsp3) is 0.111. The van der Waals surface area contributed by atoms with Crippen molar-refractivity contribution in [3.05, 3.63) is 35.9 Å². The molecule has 0 fully saturated rings. The van der Waals surface area contributed by atoms with Gasteiger partial charge in [-0.05, 0) is 24.3 Å². The third kappa shape index (κ3) is 1.79. The van der Waals surface area contributed by atoms with E-state index in [0.29, 0.717) is 0 Å². The molecule has 0 N–H and O–H groups in total. The molecule has 0 amide bonds. The minimum Gasteiger partial charge on any atom is -1.00 e. The molecule has 0 radical (unpaired) electrons. The number of thiol groups is 1. The second-order valence-corrected chi connectivity index (χ2v) is 3.47.